The first-order chi connectivity index (χ1) is 13.0. The number of rotatable bonds is 6. The van der Waals surface area contributed by atoms with Gasteiger partial charge < -0.3 is 10.5 Å². The van der Waals surface area contributed by atoms with E-state index in [0.29, 0.717) is 31.1 Å². The molecule has 0 bridgehead atoms. The lowest BCUT2D eigenvalue weighted by Crippen LogP contribution is -2.49. The molecule has 0 amide bonds. The smallest absolute Gasteiger partial charge is 0.313 e. The molecule has 27 heavy (non-hydrogen) atoms. The fraction of sp³-hybridized carbons (Fsp3) is 0.450. The molecule has 1 saturated heterocycles. The predicted molar refractivity (Wildman–Crippen MR) is 105 cm³/mol. The number of carbonyl (C=O) groups excluding carboxylic acids is 1. The number of nitrogens with zero attached hydrogens (tertiary/aromatic N) is 3. The number of ether oxygens (including phenoxy) is 1. The maximum atomic E-state index is 12.9. The number of aromatic nitrogens is 2. The van der Waals surface area contributed by atoms with Gasteiger partial charge in [0, 0.05) is 36.1 Å². The highest BCUT2D eigenvalue weighted by atomic mass is 35.5. The van der Waals surface area contributed by atoms with Gasteiger partial charge in [0.1, 0.15) is 0 Å². The normalized spacial score (nSPS) is 20.4. The highest BCUT2D eigenvalue weighted by Crippen LogP contribution is 2.36. The molecule has 0 aliphatic carbocycles. The van der Waals surface area contributed by atoms with E-state index in [1.54, 1.807) is 12.4 Å². The lowest BCUT2D eigenvalue weighted by atomic mass is 9.75. The Morgan fingerprint density at radius 1 is 1.33 bits per heavy atom. The van der Waals surface area contributed by atoms with E-state index in [1.807, 2.05) is 31.2 Å². The van der Waals surface area contributed by atoms with Crippen LogP contribution in [-0.4, -0.2) is 40.5 Å². The Labute approximate surface area is 164 Å². The van der Waals surface area contributed by atoms with Crippen molar-refractivity contribution in [2.24, 2.45) is 5.41 Å². The average Bonchev–Trinajstić information content (AvgIpc) is 2.64. The van der Waals surface area contributed by atoms with Gasteiger partial charge in [-0.3, -0.25) is 9.69 Å². The summed E-state index contributed by atoms with van der Waals surface area (Å²) in [6.45, 7) is 4.44. The molecule has 0 spiro atoms. The third kappa shape index (κ3) is 4.96. The van der Waals surface area contributed by atoms with E-state index in [9.17, 15) is 4.79 Å². The largest absolute Gasteiger partial charge is 0.466 e. The Morgan fingerprint density at radius 2 is 2.11 bits per heavy atom. The zero-order valence-electron chi connectivity index (χ0n) is 15.5. The molecule has 1 atom stereocenters. The second-order valence-electron chi connectivity index (χ2n) is 7.07. The second kappa shape index (κ2) is 8.67. The van der Waals surface area contributed by atoms with Crippen molar-refractivity contribution in [2.45, 2.75) is 32.7 Å². The van der Waals surface area contributed by atoms with Crippen LogP contribution in [0.5, 0.6) is 0 Å². The number of anilines is 1. The lowest BCUT2D eigenvalue weighted by molar-refractivity contribution is -0.159. The molecule has 2 aromatic rings. The summed E-state index contributed by atoms with van der Waals surface area (Å²) in [5.74, 6) is 0.127. The summed E-state index contributed by atoms with van der Waals surface area (Å²) in [7, 11) is 0. The van der Waals surface area contributed by atoms with Crippen LogP contribution in [0.25, 0.3) is 0 Å². The van der Waals surface area contributed by atoms with Crippen LogP contribution in [0.15, 0.2) is 36.7 Å². The van der Waals surface area contributed by atoms with Crippen LogP contribution in [0, 0.1) is 5.41 Å². The number of hydrogen-bond donors (Lipinski definition) is 1. The van der Waals surface area contributed by atoms with Crippen LogP contribution in [-0.2, 0) is 22.5 Å². The van der Waals surface area contributed by atoms with E-state index in [0.717, 1.165) is 30.5 Å². The number of likely N-dealkylation sites (tertiary alicyclic amines) is 1. The lowest BCUT2D eigenvalue weighted by Gasteiger charge is -2.41. The molecule has 1 aliphatic heterocycles. The number of hydrogen-bond acceptors (Lipinski definition) is 6. The molecule has 1 aromatic heterocycles. The van der Waals surface area contributed by atoms with Gasteiger partial charge in [0.15, 0.2) is 0 Å². The van der Waals surface area contributed by atoms with Crippen molar-refractivity contribution in [1.29, 1.82) is 0 Å². The highest BCUT2D eigenvalue weighted by molar-refractivity contribution is 6.30. The summed E-state index contributed by atoms with van der Waals surface area (Å²) in [5.41, 5.74) is 7.02. The van der Waals surface area contributed by atoms with Crippen molar-refractivity contribution in [2.75, 3.05) is 25.4 Å². The van der Waals surface area contributed by atoms with Crippen molar-refractivity contribution >= 4 is 23.5 Å². The van der Waals surface area contributed by atoms with Crippen LogP contribution in [0.2, 0.25) is 5.02 Å². The van der Waals surface area contributed by atoms with E-state index in [1.165, 1.54) is 0 Å². The first kappa shape index (κ1) is 19.6. The first-order valence-electron chi connectivity index (χ1n) is 9.21. The average molecular weight is 389 g/mol. The third-order valence-corrected chi connectivity index (χ3v) is 5.16. The monoisotopic (exact) mass is 388 g/mol. The summed E-state index contributed by atoms with van der Waals surface area (Å²) in [5, 5.41) is 0.679. The fourth-order valence-corrected chi connectivity index (χ4v) is 3.98. The van der Waals surface area contributed by atoms with Crippen molar-refractivity contribution in [3.8, 4) is 0 Å². The van der Waals surface area contributed by atoms with Crippen LogP contribution >= 0.6 is 11.6 Å². The third-order valence-electron chi connectivity index (χ3n) is 4.93. The Bertz CT molecular complexity index is 784. The van der Waals surface area contributed by atoms with E-state index < -0.39 is 5.41 Å². The number of nitrogen functional groups attached to an aromatic ring is 1. The molecular weight excluding hydrogens is 364 g/mol. The zero-order valence-corrected chi connectivity index (χ0v) is 16.3. The molecule has 0 unspecified atom stereocenters. The standard InChI is InChI=1S/C20H25ClN4O2/c1-2-27-18(26)20(10-15-5-3-6-17(21)9-15)7-4-8-25(14-20)13-16-11-23-19(22)24-12-16/h3,5-6,9,11-12H,2,4,7-8,10,13-14H2,1H3,(H2,22,23,24)/t20-/m0/s1. The van der Waals surface area contributed by atoms with Gasteiger partial charge >= 0.3 is 5.97 Å². The molecule has 3 rings (SSSR count). The molecule has 0 radical (unpaired) electrons. The van der Waals surface area contributed by atoms with Crippen molar-refractivity contribution in [3.63, 3.8) is 0 Å². The van der Waals surface area contributed by atoms with E-state index >= 15 is 0 Å². The fourth-order valence-electron chi connectivity index (χ4n) is 3.77. The first-order valence-corrected chi connectivity index (χ1v) is 9.59. The molecule has 1 fully saturated rings. The maximum absolute atomic E-state index is 12.9. The quantitative estimate of drug-likeness (QED) is 0.766. The Balaban J connectivity index is 1.80. The van der Waals surface area contributed by atoms with Crippen molar-refractivity contribution in [3.05, 3.63) is 52.8 Å². The number of esters is 1. The van der Waals surface area contributed by atoms with Gasteiger partial charge in [0.2, 0.25) is 5.95 Å². The van der Waals surface area contributed by atoms with Gasteiger partial charge in [-0.1, -0.05) is 23.7 Å². The second-order valence-corrected chi connectivity index (χ2v) is 7.51. The molecule has 2 N–H and O–H groups in total. The van der Waals surface area contributed by atoms with Gasteiger partial charge in [-0.15, -0.1) is 0 Å². The number of carbonyl (C=O) groups is 1. The maximum Gasteiger partial charge on any atom is 0.313 e. The molecule has 6 nitrogen and oxygen atoms in total. The number of nitrogens with two attached hydrogens (primary N) is 1. The van der Waals surface area contributed by atoms with Crippen molar-refractivity contribution in [1.82, 2.24) is 14.9 Å². The highest BCUT2D eigenvalue weighted by Gasteiger charge is 2.43. The summed E-state index contributed by atoms with van der Waals surface area (Å²) in [6.07, 6.45) is 5.81. The number of benzene rings is 1. The van der Waals surface area contributed by atoms with Gasteiger partial charge in [0.25, 0.3) is 0 Å². The Hall–Kier alpha value is -2.18. The summed E-state index contributed by atoms with van der Waals surface area (Å²) in [6, 6.07) is 7.70. The summed E-state index contributed by atoms with van der Waals surface area (Å²) >= 11 is 6.15. The van der Waals surface area contributed by atoms with Gasteiger partial charge in [-0.05, 0) is 50.4 Å². The summed E-state index contributed by atoms with van der Waals surface area (Å²) < 4.78 is 5.46. The minimum atomic E-state index is -0.576. The van der Waals surface area contributed by atoms with Crippen LogP contribution < -0.4 is 5.73 Å². The molecule has 0 saturated carbocycles. The SMILES string of the molecule is CCOC(=O)[C@]1(Cc2cccc(Cl)c2)CCCN(Cc2cnc(N)nc2)C1. The van der Waals surface area contributed by atoms with Gasteiger partial charge in [-0.25, -0.2) is 9.97 Å². The van der Waals surface area contributed by atoms with E-state index in [-0.39, 0.29) is 11.9 Å². The molecule has 2 heterocycles. The number of halogens is 1. The molecule has 144 valence electrons. The number of piperidine rings is 1. The zero-order chi connectivity index (χ0) is 19.3. The van der Waals surface area contributed by atoms with Gasteiger partial charge in [-0.2, -0.15) is 0 Å². The van der Waals surface area contributed by atoms with E-state index in [2.05, 4.69) is 14.9 Å². The van der Waals surface area contributed by atoms with Crippen LogP contribution in [0.3, 0.4) is 0 Å². The van der Waals surface area contributed by atoms with Crippen LogP contribution in [0.4, 0.5) is 5.95 Å². The molecular formula is C20H25ClN4O2. The molecule has 7 heteroatoms. The Kier molecular flexibility index (Phi) is 6.29. The van der Waals surface area contributed by atoms with Gasteiger partial charge in [0.05, 0.1) is 12.0 Å². The summed E-state index contributed by atoms with van der Waals surface area (Å²) in [4.78, 5) is 23.3. The minimum absolute atomic E-state index is 0.136. The van der Waals surface area contributed by atoms with E-state index in [4.69, 9.17) is 22.1 Å². The molecule has 1 aromatic carbocycles. The van der Waals surface area contributed by atoms with Crippen LogP contribution in [0.1, 0.15) is 30.9 Å². The Morgan fingerprint density at radius 3 is 2.81 bits per heavy atom. The predicted octanol–water partition coefficient (Wildman–Crippen LogP) is 3.10. The topological polar surface area (TPSA) is 81.3 Å². The van der Waals surface area contributed by atoms with Crippen molar-refractivity contribution < 1.29 is 9.53 Å². The molecule has 1 aliphatic rings. The minimum Gasteiger partial charge on any atom is -0.466 e.